The summed E-state index contributed by atoms with van der Waals surface area (Å²) in [6, 6.07) is 16.7. The predicted octanol–water partition coefficient (Wildman–Crippen LogP) is 2.69. The van der Waals surface area contributed by atoms with E-state index >= 15 is 0 Å². The molecule has 3 rings (SSSR count). The van der Waals surface area contributed by atoms with E-state index in [1.165, 1.54) is 16.7 Å². The minimum Gasteiger partial charge on any atom is -0.392 e. The van der Waals surface area contributed by atoms with Gasteiger partial charge in [0.25, 0.3) is 0 Å². The zero-order chi connectivity index (χ0) is 18.5. The number of benzene rings is 2. The largest absolute Gasteiger partial charge is 0.392 e. The summed E-state index contributed by atoms with van der Waals surface area (Å²) in [5, 5.41) is 12.5. The predicted molar refractivity (Wildman–Crippen MR) is 104 cm³/mol. The zero-order valence-corrected chi connectivity index (χ0v) is 15.6. The minimum absolute atomic E-state index is 0.0445. The van der Waals surface area contributed by atoms with Crippen LogP contribution in [0.2, 0.25) is 0 Å². The van der Waals surface area contributed by atoms with Crippen molar-refractivity contribution in [3.05, 3.63) is 70.8 Å². The van der Waals surface area contributed by atoms with Crippen LogP contribution in [0.1, 0.15) is 42.1 Å². The summed E-state index contributed by atoms with van der Waals surface area (Å²) in [5.74, 6) is 0.0797. The van der Waals surface area contributed by atoms with Crippen molar-refractivity contribution in [3.8, 4) is 0 Å². The second-order valence-corrected chi connectivity index (χ2v) is 6.97. The molecule has 0 fully saturated rings. The highest BCUT2D eigenvalue weighted by Crippen LogP contribution is 2.37. The van der Waals surface area contributed by atoms with Crippen LogP contribution in [0.3, 0.4) is 0 Å². The number of hydrogen-bond donors (Lipinski definition) is 2. The molecule has 1 aliphatic heterocycles. The maximum atomic E-state index is 13.0. The van der Waals surface area contributed by atoms with Crippen LogP contribution in [0.5, 0.6) is 0 Å². The van der Waals surface area contributed by atoms with Crippen LogP contribution in [0.4, 0.5) is 0 Å². The molecular weight excluding hydrogens is 324 g/mol. The summed E-state index contributed by atoms with van der Waals surface area (Å²) in [7, 11) is 0. The molecule has 26 heavy (non-hydrogen) atoms. The monoisotopic (exact) mass is 352 g/mol. The lowest BCUT2D eigenvalue weighted by atomic mass is 9.84. The first-order valence-corrected chi connectivity index (χ1v) is 9.45. The molecule has 0 radical (unpaired) electrons. The van der Waals surface area contributed by atoms with E-state index in [1.54, 1.807) is 6.92 Å². The molecule has 0 saturated heterocycles. The highest BCUT2D eigenvalue weighted by Gasteiger charge is 2.33. The lowest BCUT2D eigenvalue weighted by Crippen LogP contribution is -2.45. The van der Waals surface area contributed by atoms with Crippen LogP contribution < -0.4 is 5.32 Å². The van der Waals surface area contributed by atoms with Gasteiger partial charge in [0.1, 0.15) is 0 Å². The maximum Gasteiger partial charge on any atom is 0.237 e. The lowest BCUT2D eigenvalue weighted by molar-refractivity contribution is -0.132. The molecule has 1 aliphatic rings. The van der Waals surface area contributed by atoms with Gasteiger partial charge in [0.05, 0.1) is 18.7 Å². The summed E-state index contributed by atoms with van der Waals surface area (Å²) in [6.07, 6.45) is 1.38. The molecule has 0 bridgehead atoms. The number of carbonyl (C=O) groups is 1. The van der Waals surface area contributed by atoms with Crippen LogP contribution in [0.15, 0.2) is 48.5 Å². The van der Waals surface area contributed by atoms with Gasteiger partial charge in [-0.2, -0.15) is 0 Å². The van der Waals surface area contributed by atoms with Crippen molar-refractivity contribution < 1.29 is 9.90 Å². The third-order valence-electron chi connectivity index (χ3n) is 5.03. The molecule has 4 nitrogen and oxygen atoms in total. The summed E-state index contributed by atoms with van der Waals surface area (Å²) in [4.78, 5) is 14.9. The molecule has 0 aliphatic carbocycles. The SMILES string of the molecule is CCc1cccc2c1C(c1ccccc1)N(C(=O)CNC[C@@H](C)O)CC2. The molecule has 1 unspecified atom stereocenters. The number of nitrogens with one attached hydrogen (secondary N) is 1. The molecule has 2 aromatic carbocycles. The first-order chi connectivity index (χ1) is 12.6. The van der Waals surface area contributed by atoms with Gasteiger partial charge in [-0.15, -0.1) is 0 Å². The third-order valence-corrected chi connectivity index (χ3v) is 5.03. The van der Waals surface area contributed by atoms with Gasteiger partial charge in [-0.25, -0.2) is 0 Å². The average Bonchev–Trinajstić information content (AvgIpc) is 2.66. The Hall–Kier alpha value is -2.17. The van der Waals surface area contributed by atoms with Crippen molar-refractivity contribution in [1.82, 2.24) is 10.2 Å². The normalized spacial score (nSPS) is 17.7. The number of amides is 1. The Morgan fingerprint density at radius 2 is 2.00 bits per heavy atom. The lowest BCUT2D eigenvalue weighted by Gasteiger charge is -2.39. The van der Waals surface area contributed by atoms with E-state index in [2.05, 4.69) is 42.6 Å². The Labute approximate surface area is 155 Å². The quantitative estimate of drug-likeness (QED) is 0.840. The van der Waals surface area contributed by atoms with Gasteiger partial charge in [0.2, 0.25) is 5.91 Å². The van der Waals surface area contributed by atoms with E-state index < -0.39 is 6.10 Å². The van der Waals surface area contributed by atoms with E-state index in [0.717, 1.165) is 24.9 Å². The van der Waals surface area contributed by atoms with Gasteiger partial charge in [0.15, 0.2) is 0 Å². The van der Waals surface area contributed by atoms with E-state index in [4.69, 9.17) is 0 Å². The van der Waals surface area contributed by atoms with E-state index in [9.17, 15) is 9.90 Å². The van der Waals surface area contributed by atoms with Crippen molar-refractivity contribution in [2.75, 3.05) is 19.6 Å². The van der Waals surface area contributed by atoms with E-state index in [-0.39, 0.29) is 18.5 Å². The van der Waals surface area contributed by atoms with E-state index in [0.29, 0.717) is 6.54 Å². The topological polar surface area (TPSA) is 52.6 Å². The number of aliphatic hydroxyl groups is 1. The van der Waals surface area contributed by atoms with Gasteiger partial charge < -0.3 is 15.3 Å². The zero-order valence-electron chi connectivity index (χ0n) is 15.6. The number of hydrogen-bond acceptors (Lipinski definition) is 3. The molecule has 0 aromatic heterocycles. The van der Waals surface area contributed by atoms with Crippen molar-refractivity contribution in [3.63, 3.8) is 0 Å². The number of carbonyl (C=O) groups excluding carboxylic acids is 1. The van der Waals surface area contributed by atoms with E-state index in [1.807, 2.05) is 23.1 Å². The van der Waals surface area contributed by atoms with Gasteiger partial charge >= 0.3 is 0 Å². The van der Waals surface area contributed by atoms with Crippen molar-refractivity contribution in [2.45, 2.75) is 38.8 Å². The fourth-order valence-corrected chi connectivity index (χ4v) is 3.81. The Kier molecular flexibility index (Phi) is 6.07. The summed E-state index contributed by atoms with van der Waals surface area (Å²) in [5.41, 5.74) is 5.10. The third kappa shape index (κ3) is 3.97. The van der Waals surface area contributed by atoms with Crippen LogP contribution in [-0.2, 0) is 17.6 Å². The molecule has 1 heterocycles. The smallest absolute Gasteiger partial charge is 0.237 e. The second kappa shape index (κ2) is 8.47. The first kappa shape index (κ1) is 18.6. The van der Waals surface area contributed by atoms with Gasteiger partial charge in [0, 0.05) is 13.1 Å². The Bertz CT molecular complexity index is 729. The molecule has 0 spiro atoms. The highest BCUT2D eigenvalue weighted by molar-refractivity contribution is 5.80. The molecule has 2 aromatic rings. The second-order valence-electron chi connectivity index (χ2n) is 6.97. The fourth-order valence-electron chi connectivity index (χ4n) is 3.81. The van der Waals surface area contributed by atoms with Crippen LogP contribution >= 0.6 is 0 Å². The number of nitrogens with zero attached hydrogens (tertiary/aromatic N) is 1. The molecule has 2 atom stereocenters. The Morgan fingerprint density at radius 1 is 1.23 bits per heavy atom. The van der Waals surface area contributed by atoms with Gasteiger partial charge in [-0.1, -0.05) is 55.5 Å². The summed E-state index contributed by atoms with van der Waals surface area (Å²) in [6.45, 7) is 5.27. The highest BCUT2D eigenvalue weighted by atomic mass is 16.3. The first-order valence-electron chi connectivity index (χ1n) is 9.45. The molecule has 4 heteroatoms. The number of rotatable bonds is 6. The molecule has 0 saturated carbocycles. The Balaban J connectivity index is 1.95. The molecule has 138 valence electrons. The van der Waals surface area contributed by atoms with Crippen LogP contribution in [-0.4, -0.2) is 41.7 Å². The summed E-state index contributed by atoms with van der Waals surface area (Å²) >= 11 is 0. The van der Waals surface area contributed by atoms with Crippen molar-refractivity contribution >= 4 is 5.91 Å². The maximum absolute atomic E-state index is 13.0. The number of fused-ring (bicyclic) bond motifs is 1. The minimum atomic E-state index is -0.457. The average molecular weight is 352 g/mol. The van der Waals surface area contributed by atoms with Crippen molar-refractivity contribution in [1.29, 1.82) is 0 Å². The molecule has 2 N–H and O–H groups in total. The van der Waals surface area contributed by atoms with Crippen molar-refractivity contribution in [2.24, 2.45) is 0 Å². The summed E-state index contributed by atoms with van der Waals surface area (Å²) < 4.78 is 0. The number of aryl methyl sites for hydroxylation is 1. The Morgan fingerprint density at radius 3 is 2.69 bits per heavy atom. The molecular formula is C22H28N2O2. The van der Waals surface area contributed by atoms with Gasteiger partial charge in [-0.05, 0) is 42.0 Å². The van der Waals surface area contributed by atoms with Gasteiger partial charge in [-0.3, -0.25) is 4.79 Å². The number of aliphatic hydroxyl groups excluding tert-OH is 1. The fraction of sp³-hybridized carbons (Fsp3) is 0.409. The standard InChI is InChI=1S/C22H28N2O2/c1-3-17-10-7-11-18-12-13-24(20(26)15-23-14-16(2)25)22(21(17)18)19-8-5-4-6-9-19/h4-11,16,22-23,25H,3,12-15H2,1-2H3/t16-,22?/m1/s1. The molecule has 1 amide bonds. The van der Waals surface area contributed by atoms with Crippen LogP contribution in [0.25, 0.3) is 0 Å². The van der Waals surface area contributed by atoms with Crippen LogP contribution in [0, 0.1) is 0 Å².